The Labute approximate surface area is 63.1 Å². The summed E-state index contributed by atoms with van der Waals surface area (Å²) in [5, 5.41) is 0. The minimum atomic E-state index is -0.664. The predicted octanol–water partition coefficient (Wildman–Crippen LogP) is 3.34. The van der Waals surface area contributed by atoms with Gasteiger partial charge in [0.2, 0.25) is 0 Å². The van der Waals surface area contributed by atoms with Crippen LogP contribution in [0.4, 0.5) is 4.39 Å². The van der Waals surface area contributed by atoms with Crippen LogP contribution in [-0.2, 0) is 0 Å². The van der Waals surface area contributed by atoms with Crippen LogP contribution in [0.15, 0.2) is 12.2 Å². The van der Waals surface area contributed by atoms with E-state index < -0.39 is 6.17 Å². The molecule has 0 amide bonds. The van der Waals surface area contributed by atoms with Crippen molar-refractivity contribution in [3.8, 4) is 0 Å². The molecule has 1 unspecified atom stereocenters. The van der Waals surface area contributed by atoms with Gasteiger partial charge in [-0.05, 0) is 18.8 Å². The molecule has 0 aliphatic rings. The zero-order valence-corrected chi connectivity index (χ0v) is 7.10. The Bertz CT molecular complexity index is 94.9. The van der Waals surface area contributed by atoms with E-state index in [1.165, 1.54) is 0 Å². The van der Waals surface area contributed by atoms with Gasteiger partial charge in [-0.1, -0.05) is 32.9 Å². The molecular weight excluding hydrogens is 127 g/mol. The van der Waals surface area contributed by atoms with Crippen LogP contribution >= 0.6 is 0 Å². The molecule has 10 heavy (non-hydrogen) atoms. The molecule has 1 heteroatoms. The summed E-state index contributed by atoms with van der Waals surface area (Å²) in [6.45, 7) is 5.87. The highest BCUT2D eigenvalue weighted by molar-refractivity contribution is 4.83. The van der Waals surface area contributed by atoms with Gasteiger partial charge in [0.05, 0.1) is 0 Å². The molecule has 0 N–H and O–H groups in total. The van der Waals surface area contributed by atoms with Crippen LogP contribution in [0.2, 0.25) is 0 Å². The number of allylic oxidation sites excluding steroid dienone is 2. The van der Waals surface area contributed by atoms with Crippen molar-refractivity contribution in [3.05, 3.63) is 12.2 Å². The minimum Gasteiger partial charge on any atom is -0.247 e. The molecule has 0 aromatic carbocycles. The number of alkyl halides is 1. The highest BCUT2D eigenvalue weighted by Crippen LogP contribution is 2.10. The fraction of sp³-hybridized carbons (Fsp3) is 0.778. The molecular formula is C9H17F. The molecule has 0 nitrogen and oxygen atoms in total. The number of hydrogen-bond donors (Lipinski definition) is 0. The number of halogens is 1. The van der Waals surface area contributed by atoms with Gasteiger partial charge in [0.25, 0.3) is 0 Å². The first-order valence-corrected chi connectivity index (χ1v) is 3.97. The van der Waals surface area contributed by atoms with E-state index in [4.69, 9.17) is 0 Å². The first-order chi connectivity index (χ1) is 4.68. The maximum atomic E-state index is 12.8. The minimum absolute atomic E-state index is 0.154. The summed E-state index contributed by atoms with van der Waals surface area (Å²) in [4.78, 5) is 0. The third kappa shape index (κ3) is 4.54. The normalized spacial score (nSPS) is 14.9. The third-order valence-corrected chi connectivity index (χ3v) is 1.49. The quantitative estimate of drug-likeness (QED) is 0.531. The van der Waals surface area contributed by atoms with Crippen LogP contribution in [0.25, 0.3) is 0 Å². The summed E-state index contributed by atoms with van der Waals surface area (Å²) in [5.74, 6) is 0.154. The Hall–Kier alpha value is -0.330. The average Bonchev–Trinajstić information content (AvgIpc) is 1.88. The summed E-state index contributed by atoms with van der Waals surface area (Å²) in [5.41, 5.74) is 0. The molecule has 1 atom stereocenters. The van der Waals surface area contributed by atoms with Crippen LogP contribution in [0.3, 0.4) is 0 Å². The molecule has 0 saturated heterocycles. The maximum absolute atomic E-state index is 12.8. The Morgan fingerprint density at radius 3 is 2.30 bits per heavy atom. The lowest BCUT2D eigenvalue weighted by Gasteiger charge is -2.07. The lowest BCUT2D eigenvalue weighted by atomic mass is 10.1. The molecule has 0 saturated carbocycles. The van der Waals surface area contributed by atoms with Crippen LogP contribution in [0.5, 0.6) is 0 Å². The van der Waals surface area contributed by atoms with Crippen molar-refractivity contribution in [1.29, 1.82) is 0 Å². The summed E-state index contributed by atoms with van der Waals surface area (Å²) in [6.07, 6.45) is 4.85. The van der Waals surface area contributed by atoms with Crippen LogP contribution in [0.1, 0.15) is 33.6 Å². The third-order valence-electron chi connectivity index (χ3n) is 1.49. The van der Waals surface area contributed by atoms with Gasteiger partial charge in [0.15, 0.2) is 0 Å². The Kier molecular flexibility index (Phi) is 5.27. The van der Waals surface area contributed by atoms with Gasteiger partial charge in [-0.2, -0.15) is 0 Å². The number of hydrogen-bond acceptors (Lipinski definition) is 0. The van der Waals surface area contributed by atoms with E-state index in [2.05, 4.69) is 6.92 Å². The van der Waals surface area contributed by atoms with Gasteiger partial charge in [-0.15, -0.1) is 0 Å². The summed E-state index contributed by atoms with van der Waals surface area (Å²) >= 11 is 0. The first kappa shape index (κ1) is 9.67. The van der Waals surface area contributed by atoms with E-state index in [0.29, 0.717) is 6.42 Å². The first-order valence-electron chi connectivity index (χ1n) is 3.97. The molecule has 0 fully saturated rings. The fourth-order valence-corrected chi connectivity index (χ4v) is 0.665. The lowest BCUT2D eigenvalue weighted by Crippen LogP contribution is -2.06. The second-order valence-corrected chi connectivity index (χ2v) is 2.88. The molecule has 0 aliphatic heterocycles. The standard InChI is InChI=1S/C9H17F/c1-4-5-6-7-9(10)8(2)3/h5-6,8-9H,4,7H2,1-3H3/b6-5-. The summed E-state index contributed by atoms with van der Waals surface area (Å²) in [7, 11) is 0. The smallest absolute Gasteiger partial charge is 0.106 e. The second kappa shape index (κ2) is 5.45. The molecule has 60 valence electrons. The van der Waals surface area contributed by atoms with E-state index in [0.717, 1.165) is 6.42 Å². The van der Waals surface area contributed by atoms with Gasteiger partial charge in [-0.25, -0.2) is 4.39 Å². The van der Waals surface area contributed by atoms with Crippen LogP contribution in [-0.4, -0.2) is 6.17 Å². The van der Waals surface area contributed by atoms with E-state index >= 15 is 0 Å². The van der Waals surface area contributed by atoms with E-state index in [1.54, 1.807) is 0 Å². The maximum Gasteiger partial charge on any atom is 0.106 e. The van der Waals surface area contributed by atoms with Gasteiger partial charge < -0.3 is 0 Å². The molecule has 0 rings (SSSR count). The zero-order valence-electron chi connectivity index (χ0n) is 7.10. The molecule has 0 aliphatic carbocycles. The Balaban J connectivity index is 3.38. The molecule has 0 spiro atoms. The Morgan fingerprint density at radius 2 is 1.90 bits per heavy atom. The van der Waals surface area contributed by atoms with Crippen molar-refractivity contribution in [1.82, 2.24) is 0 Å². The monoisotopic (exact) mass is 144 g/mol. The van der Waals surface area contributed by atoms with Crippen LogP contribution < -0.4 is 0 Å². The highest BCUT2D eigenvalue weighted by Gasteiger charge is 2.07. The van der Waals surface area contributed by atoms with Crippen molar-refractivity contribution in [2.45, 2.75) is 39.8 Å². The molecule has 0 heterocycles. The topological polar surface area (TPSA) is 0 Å². The zero-order chi connectivity index (χ0) is 7.98. The van der Waals surface area contributed by atoms with Gasteiger partial charge >= 0.3 is 0 Å². The number of rotatable bonds is 4. The predicted molar refractivity (Wildman–Crippen MR) is 43.8 cm³/mol. The van der Waals surface area contributed by atoms with Crippen molar-refractivity contribution < 1.29 is 4.39 Å². The van der Waals surface area contributed by atoms with E-state index in [-0.39, 0.29) is 5.92 Å². The second-order valence-electron chi connectivity index (χ2n) is 2.88. The van der Waals surface area contributed by atoms with Gasteiger partial charge in [0, 0.05) is 0 Å². The summed E-state index contributed by atoms with van der Waals surface area (Å²) < 4.78 is 12.8. The van der Waals surface area contributed by atoms with Crippen molar-refractivity contribution in [2.24, 2.45) is 5.92 Å². The molecule has 0 aromatic rings. The van der Waals surface area contributed by atoms with Gasteiger partial charge in [-0.3, -0.25) is 0 Å². The SMILES string of the molecule is CC/C=C\CC(F)C(C)C. The van der Waals surface area contributed by atoms with Crippen molar-refractivity contribution in [3.63, 3.8) is 0 Å². The van der Waals surface area contributed by atoms with Crippen molar-refractivity contribution in [2.75, 3.05) is 0 Å². The molecule has 0 radical (unpaired) electrons. The van der Waals surface area contributed by atoms with E-state index in [9.17, 15) is 4.39 Å². The average molecular weight is 144 g/mol. The Morgan fingerprint density at radius 1 is 1.30 bits per heavy atom. The van der Waals surface area contributed by atoms with Crippen molar-refractivity contribution >= 4 is 0 Å². The molecule has 0 aromatic heterocycles. The largest absolute Gasteiger partial charge is 0.247 e. The molecule has 0 bridgehead atoms. The highest BCUT2D eigenvalue weighted by atomic mass is 19.1. The lowest BCUT2D eigenvalue weighted by molar-refractivity contribution is 0.258. The van der Waals surface area contributed by atoms with E-state index in [1.807, 2.05) is 26.0 Å². The van der Waals surface area contributed by atoms with Crippen LogP contribution in [0, 0.1) is 5.92 Å². The van der Waals surface area contributed by atoms with Gasteiger partial charge in [0.1, 0.15) is 6.17 Å². The fourth-order valence-electron chi connectivity index (χ4n) is 0.665. The summed E-state index contributed by atoms with van der Waals surface area (Å²) in [6, 6.07) is 0.